The van der Waals surface area contributed by atoms with Crippen molar-refractivity contribution in [2.75, 3.05) is 5.32 Å². The Kier molecular flexibility index (Phi) is 9.63. The highest BCUT2D eigenvalue weighted by Gasteiger charge is 2.20. The van der Waals surface area contributed by atoms with Crippen molar-refractivity contribution in [3.63, 3.8) is 0 Å². The average Bonchev–Trinajstić information content (AvgIpc) is 2.57. The van der Waals surface area contributed by atoms with E-state index in [1.807, 2.05) is 0 Å². The summed E-state index contributed by atoms with van der Waals surface area (Å²) in [5.41, 5.74) is 11.1. The van der Waals surface area contributed by atoms with E-state index in [2.05, 4.69) is 10.6 Å². The number of carbonyl (C=O) groups excluding carboxylic acids is 4. The molecule has 0 radical (unpaired) electrons. The van der Waals surface area contributed by atoms with Crippen LogP contribution in [0.5, 0.6) is 0 Å². The Bertz CT molecular complexity index is 724. The van der Waals surface area contributed by atoms with Gasteiger partial charge in [-0.2, -0.15) is 0 Å². The third-order valence-corrected chi connectivity index (χ3v) is 3.99. The lowest BCUT2D eigenvalue weighted by Gasteiger charge is -2.17. The van der Waals surface area contributed by atoms with Crippen LogP contribution in [0.15, 0.2) is 18.2 Å². The zero-order valence-electron chi connectivity index (χ0n) is 15.9. The third kappa shape index (κ3) is 9.65. The molecular weight excluding hydrogens is 367 g/mol. The molecule has 0 aromatic heterocycles. The Morgan fingerprint density at radius 2 is 1.68 bits per heavy atom. The van der Waals surface area contributed by atoms with Gasteiger partial charge in [-0.3, -0.25) is 19.2 Å². The predicted molar refractivity (Wildman–Crippen MR) is 102 cm³/mol. The number of hydrogen-bond donors (Lipinski definition) is 4. The molecule has 1 rings (SSSR count). The van der Waals surface area contributed by atoms with Crippen LogP contribution in [0.3, 0.4) is 0 Å². The SMILES string of the molecule is CC(=O)N[C@@H](CCC(N)=O)C(=O)Nc1cc(F)cc(CCCCCC(N)=O)c1. The number of aryl methyl sites for hydroxylation is 1. The van der Waals surface area contributed by atoms with Crippen molar-refractivity contribution in [1.82, 2.24) is 5.32 Å². The van der Waals surface area contributed by atoms with Crippen LogP contribution in [0, 0.1) is 5.82 Å². The van der Waals surface area contributed by atoms with Gasteiger partial charge in [-0.25, -0.2) is 4.39 Å². The number of nitrogens with two attached hydrogens (primary N) is 2. The molecule has 4 amide bonds. The summed E-state index contributed by atoms with van der Waals surface area (Å²) in [5.74, 6) is -2.43. The van der Waals surface area contributed by atoms with Crippen molar-refractivity contribution in [1.29, 1.82) is 0 Å². The molecule has 0 unspecified atom stereocenters. The molecule has 0 fully saturated rings. The second kappa shape index (κ2) is 11.7. The summed E-state index contributed by atoms with van der Waals surface area (Å²) in [7, 11) is 0. The summed E-state index contributed by atoms with van der Waals surface area (Å²) in [5, 5.41) is 5.01. The van der Waals surface area contributed by atoms with E-state index in [4.69, 9.17) is 11.5 Å². The first-order valence-corrected chi connectivity index (χ1v) is 9.11. The van der Waals surface area contributed by atoms with E-state index in [9.17, 15) is 23.6 Å². The van der Waals surface area contributed by atoms with Crippen molar-refractivity contribution in [3.8, 4) is 0 Å². The normalized spacial score (nSPS) is 11.5. The number of anilines is 1. The fourth-order valence-electron chi connectivity index (χ4n) is 2.70. The fraction of sp³-hybridized carbons (Fsp3) is 0.474. The first-order chi connectivity index (χ1) is 13.2. The van der Waals surface area contributed by atoms with Gasteiger partial charge in [0.15, 0.2) is 0 Å². The molecule has 28 heavy (non-hydrogen) atoms. The molecule has 1 atom stereocenters. The van der Waals surface area contributed by atoms with Crippen LogP contribution in [0.2, 0.25) is 0 Å². The minimum Gasteiger partial charge on any atom is -0.370 e. The molecule has 0 saturated carbocycles. The topological polar surface area (TPSA) is 144 Å². The van der Waals surface area contributed by atoms with Crippen molar-refractivity contribution < 1.29 is 23.6 Å². The quantitative estimate of drug-likeness (QED) is 0.394. The van der Waals surface area contributed by atoms with Crippen LogP contribution in [0.1, 0.15) is 51.0 Å². The molecule has 0 bridgehead atoms. The summed E-state index contributed by atoms with van der Waals surface area (Å²) in [6.45, 7) is 1.25. The number of hydrogen-bond acceptors (Lipinski definition) is 4. The summed E-state index contributed by atoms with van der Waals surface area (Å²) in [6.07, 6.45) is 3.07. The monoisotopic (exact) mass is 394 g/mol. The van der Waals surface area contributed by atoms with Crippen molar-refractivity contribution in [2.24, 2.45) is 11.5 Å². The van der Waals surface area contributed by atoms with Gasteiger partial charge in [0.05, 0.1) is 0 Å². The highest BCUT2D eigenvalue weighted by atomic mass is 19.1. The van der Waals surface area contributed by atoms with Crippen molar-refractivity contribution >= 4 is 29.3 Å². The van der Waals surface area contributed by atoms with Gasteiger partial charge in [0.2, 0.25) is 23.6 Å². The number of benzene rings is 1. The lowest BCUT2D eigenvalue weighted by atomic mass is 10.0. The molecule has 0 aliphatic rings. The Labute approximate surface area is 163 Å². The van der Waals surface area contributed by atoms with Gasteiger partial charge in [0, 0.05) is 25.5 Å². The molecule has 0 heterocycles. The van der Waals surface area contributed by atoms with Gasteiger partial charge in [-0.05, 0) is 49.4 Å². The summed E-state index contributed by atoms with van der Waals surface area (Å²) in [4.78, 5) is 45.3. The van der Waals surface area contributed by atoms with Gasteiger partial charge in [-0.1, -0.05) is 6.42 Å². The van der Waals surface area contributed by atoms with Crippen LogP contribution in [0.25, 0.3) is 0 Å². The maximum Gasteiger partial charge on any atom is 0.246 e. The van der Waals surface area contributed by atoms with Gasteiger partial charge in [0.25, 0.3) is 0 Å². The van der Waals surface area contributed by atoms with E-state index in [1.165, 1.54) is 19.1 Å². The van der Waals surface area contributed by atoms with Gasteiger partial charge in [-0.15, -0.1) is 0 Å². The second-order valence-electron chi connectivity index (χ2n) is 6.62. The van der Waals surface area contributed by atoms with Crippen LogP contribution in [-0.4, -0.2) is 29.7 Å². The van der Waals surface area contributed by atoms with E-state index in [1.54, 1.807) is 6.07 Å². The van der Waals surface area contributed by atoms with Crippen LogP contribution in [0.4, 0.5) is 10.1 Å². The molecule has 1 aromatic carbocycles. The van der Waals surface area contributed by atoms with Crippen LogP contribution >= 0.6 is 0 Å². The number of amides is 4. The first-order valence-electron chi connectivity index (χ1n) is 9.11. The average molecular weight is 394 g/mol. The lowest BCUT2D eigenvalue weighted by Crippen LogP contribution is -2.43. The predicted octanol–water partition coefficient (Wildman–Crippen LogP) is 1.12. The number of nitrogens with one attached hydrogen (secondary N) is 2. The van der Waals surface area contributed by atoms with E-state index < -0.39 is 29.6 Å². The molecule has 0 aliphatic heterocycles. The maximum atomic E-state index is 13.9. The van der Waals surface area contributed by atoms with E-state index >= 15 is 0 Å². The maximum absolute atomic E-state index is 13.9. The van der Waals surface area contributed by atoms with Crippen molar-refractivity contribution in [3.05, 3.63) is 29.6 Å². The Morgan fingerprint density at radius 1 is 1.00 bits per heavy atom. The first kappa shape index (κ1) is 23.1. The Hall–Kier alpha value is -2.97. The Balaban J connectivity index is 2.70. The minimum absolute atomic E-state index is 0.0444. The number of carbonyl (C=O) groups is 4. The van der Waals surface area contributed by atoms with Gasteiger partial charge in [0.1, 0.15) is 11.9 Å². The van der Waals surface area contributed by atoms with Crippen molar-refractivity contribution in [2.45, 2.75) is 57.9 Å². The summed E-state index contributed by atoms with van der Waals surface area (Å²) >= 11 is 0. The molecule has 154 valence electrons. The zero-order valence-corrected chi connectivity index (χ0v) is 15.9. The molecule has 1 aromatic rings. The molecule has 6 N–H and O–H groups in total. The van der Waals surface area contributed by atoms with E-state index in [-0.39, 0.29) is 24.4 Å². The number of primary amides is 2. The van der Waals surface area contributed by atoms with Crippen LogP contribution in [-0.2, 0) is 25.6 Å². The van der Waals surface area contributed by atoms with E-state index in [0.29, 0.717) is 24.8 Å². The minimum atomic E-state index is -0.953. The molecular formula is C19H27FN4O4. The number of rotatable bonds is 12. The molecule has 0 spiro atoms. The largest absolute Gasteiger partial charge is 0.370 e. The lowest BCUT2D eigenvalue weighted by molar-refractivity contribution is -0.126. The standard InChI is InChI=1S/C19H27FN4O4/c1-12(25)23-16(7-8-18(22)27)19(28)24-15-10-13(9-14(20)11-15)5-3-2-4-6-17(21)26/h9-11,16H,2-8H2,1H3,(H2,21,26)(H2,22,27)(H,23,25)(H,24,28)/t16-/m0/s1. The second-order valence-corrected chi connectivity index (χ2v) is 6.62. The highest BCUT2D eigenvalue weighted by Crippen LogP contribution is 2.17. The number of halogens is 1. The Morgan fingerprint density at radius 3 is 2.29 bits per heavy atom. The van der Waals surface area contributed by atoms with Gasteiger partial charge < -0.3 is 22.1 Å². The molecule has 0 aliphatic carbocycles. The fourth-order valence-corrected chi connectivity index (χ4v) is 2.70. The summed E-state index contributed by atoms with van der Waals surface area (Å²) < 4.78 is 13.9. The zero-order chi connectivity index (χ0) is 21.1. The summed E-state index contributed by atoms with van der Waals surface area (Å²) in [6, 6.07) is 3.24. The van der Waals surface area contributed by atoms with Gasteiger partial charge >= 0.3 is 0 Å². The molecule has 9 heteroatoms. The highest BCUT2D eigenvalue weighted by molar-refractivity contribution is 5.97. The molecule has 0 saturated heterocycles. The van der Waals surface area contributed by atoms with E-state index in [0.717, 1.165) is 12.8 Å². The molecule has 8 nitrogen and oxygen atoms in total. The third-order valence-electron chi connectivity index (χ3n) is 3.99. The number of unbranched alkanes of at least 4 members (excludes halogenated alkanes) is 2. The van der Waals surface area contributed by atoms with Crippen LogP contribution < -0.4 is 22.1 Å². The smallest absolute Gasteiger partial charge is 0.246 e.